The number of hydrogen-bond donors (Lipinski definition) is 0. The van der Waals surface area contributed by atoms with Crippen molar-refractivity contribution in [3.63, 3.8) is 0 Å². The van der Waals surface area contributed by atoms with Crippen LogP contribution in [0.25, 0.3) is 10.4 Å². The Labute approximate surface area is 105 Å². The summed E-state index contributed by atoms with van der Waals surface area (Å²) in [7, 11) is 0. The number of morpholine rings is 1. The lowest BCUT2D eigenvalue weighted by molar-refractivity contribution is 0.122. The van der Waals surface area contributed by atoms with Gasteiger partial charge in [-0.25, -0.2) is 4.98 Å². The lowest BCUT2D eigenvalue weighted by Gasteiger charge is -2.25. The van der Waals surface area contributed by atoms with Gasteiger partial charge in [-0.1, -0.05) is 41.7 Å². The summed E-state index contributed by atoms with van der Waals surface area (Å²) < 4.78 is 5.35. The van der Waals surface area contributed by atoms with Gasteiger partial charge in [-0.3, -0.25) is 0 Å². The smallest absolute Gasteiger partial charge is 0.186 e. The Morgan fingerprint density at radius 2 is 1.88 bits per heavy atom. The predicted molar refractivity (Wildman–Crippen MR) is 70.6 cm³/mol. The Balaban J connectivity index is 1.83. The molecule has 1 aliphatic heterocycles. The molecule has 2 heterocycles. The fourth-order valence-electron chi connectivity index (χ4n) is 1.90. The third kappa shape index (κ3) is 2.33. The van der Waals surface area contributed by atoms with Gasteiger partial charge in [0.05, 0.1) is 18.1 Å². The third-order valence-corrected chi connectivity index (χ3v) is 3.94. The molecule has 0 unspecified atom stereocenters. The quantitative estimate of drug-likeness (QED) is 0.814. The lowest BCUT2D eigenvalue weighted by atomic mass is 10.2. The minimum Gasteiger partial charge on any atom is -0.378 e. The molecule has 0 saturated carbocycles. The molecule has 1 fully saturated rings. The maximum atomic E-state index is 5.35. The number of hydrogen-bond acceptors (Lipinski definition) is 4. The maximum absolute atomic E-state index is 5.35. The van der Waals surface area contributed by atoms with Crippen LogP contribution >= 0.6 is 11.3 Å². The van der Waals surface area contributed by atoms with E-state index in [1.165, 1.54) is 10.4 Å². The Morgan fingerprint density at radius 3 is 2.65 bits per heavy atom. The Hall–Kier alpha value is -1.39. The molecule has 4 heteroatoms. The van der Waals surface area contributed by atoms with Crippen LogP contribution < -0.4 is 4.90 Å². The van der Waals surface area contributed by atoms with Crippen molar-refractivity contribution in [3.8, 4) is 10.4 Å². The van der Waals surface area contributed by atoms with Crippen molar-refractivity contribution in [1.82, 2.24) is 4.98 Å². The van der Waals surface area contributed by atoms with E-state index in [0.717, 1.165) is 31.4 Å². The highest BCUT2D eigenvalue weighted by Crippen LogP contribution is 2.31. The second-order valence-corrected chi connectivity index (χ2v) is 4.98. The zero-order valence-electron chi connectivity index (χ0n) is 9.50. The van der Waals surface area contributed by atoms with Gasteiger partial charge >= 0.3 is 0 Å². The molecule has 0 N–H and O–H groups in total. The highest BCUT2D eigenvalue weighted by atomic mass is 32.1. The Kier molecular flexibility index (Phi) is 3.07. The average Bonchev–Trinajstić information content (AvgIpc) is 2.90. The predicted octanol–water partition coefficient (Wildman–Crippen LogP) is 2.65. The van der Waals surface area contributed by atoms with Crippen LogP contribution in [0.2, 0.25) is 0 Å². The van der Waals surface area contributed by atoms with E-state index in [-0.39, 0.29) is 0 Å². The van der Waals surface area contributed by atoms with Gasteiger partial charge < -0.3 is 9.64 Å². The molecular formula is C13H14N2OS. The standard InChI is InChI=1S/C13H14N2OS/c1-2-4-11(5-3-1)12-10-14-13(17-12)15-6-8-16-9-7-15/h1-5,10H,6-9H2. The van der Waals surface area contributed by atoms with Gasteiger partial charge in [-0.2, -0.15) is 0 Å². The second-order valence-electron chi connectivity index (χ2n) is 3.97. The first-order valence-electron chi connectivity index (χ1n) is 5.77. The van der Waals surface area contributed by atoms with E-state index in [9.17, 15) is 0 Å². The number of anilines is 1. The summed E-state index contributed by atoms with van der Waals surface area (Å²) in [5.74, 6) is 0. The number of nitrogens with zero attached hydrogens (tertiary/aromatic N) is 2. The van der Waals surface area contributed by atoms with Crippen LogP contribution in [0, 0.1) is 0 Å². The number of rotatable bonds is 2. The molecule has 3 nitrogen and oxygen atoms in total. The molecule has 2 aromatic rings. The van der Waals surface area contributed by atoms with Crippen molar-refractivity contribution >= 4 is 16.5 Å². The van der Waals surface area contributed by atoms with Crippen LogP contribution in [-0.4, -0.2) is 31.3 Å². The monoisotopic (exact) mass is 246 g/mol. The molecule has 1 aliphatic rings. The first kappa shape index (κ1) is 10.7. The normalized spacial score (nSPS) is 16.1. The molecule has 0 atom stereocenters. The minimum absolute atomic E-state index is 0.806. The Bertz CT molecular complexity index is 477. The van der Waals surface area contributed by atoms with Gasteiger partial charge in [0, 0.05) is 19.3 Å². The lowest BCUT2D eigenvalue weighted by Crippen LogP contribution is -2.36. The number of benzene rings is 1. The molecule has 0 bridgehead atoms. The van der Waals surface area contributed by atoms with Crippen molar-refractivity contribution in [1.29, 1.82) is 0 Å². The topological polar surface area (TPSA) is 25.4 Å². The Morgan fingerprint density at radius 1 is 1.12 bits per heavy atom. The SMILES string of the molecule is c1ccc(-c2cnc(N3CCOCC3)s2)cc1. The molecule has 0 spiro atoms. The van der Waals surface area contributed by atoms with Crippen LogP contribution in [0.3, 0.4) is 0 Å². The summed E-state index contributed by atoms with van der Waals surface area (Å²) in [6.07, 6.45) is 1.96. The van der Waals surface area contributed by atoms with Gasteiger partial charge in [-0.15, -0.1) is 0 Å². The van der Waals surface area contributed by atoms with Crippen molar-refractivity contribution in [2.45, 2.75) is 0 Å². The highest BCUT2D eigenvalue weighted by molar-refractivity contribution is 7.18. The van der Waals surface area contributed by atoms with Gasteiger partial charge in [0.15, 0.2) is 5.13 Å². The number of aromatic nitrogens is 1. The van der Waals surface area contributed by atoms with Crippen LogP contribution in [0.15, 0.2) is 36.5 Å². The third-order valence-electron chi connectivity index (χ3n) is 2.83. The van der Waals surface area contributed by atoms with Crippen molar-refractivity contribution in [3.05, 3.63) is 36.5 Å². The van der Waals surface area contributed by atoms with Crippen LogP contribution in [0.4, 0.5) is 5.13 Å². The average molecular weight is 246 g/mol. The van der Waals surface area contributed by atoms with Crippen molar-refractivity contribution in [2.75, 3.05) is 31.2 Å². The number of thiazole rings is 1. The molecule has 0 aliphatic carbocycles. The van der Waals surface area contributed by atoms with Gasteiger partial charge in [0.25, 0.3) is 0 Å². The summed E-state index contributed by atoms with van der Waals surface area (Å²) in [4.78, 5) is 8.03. The van der Waals surface area contributed by atoms with E-state index in [2.05, 4.69) is 34.1 Å². The van der Waals surface area contributed by atoms with Crippen molar-refractivity contribution in [2.24, 2.45) is 0 Å². The molecule has 3 rings (SSSR count). The summed E-state index contributed by atoms with van der Waals surface area (Å²) in [6, 6.07) is 10.4. The molecular weight excluding hydrogens is 232 g/mol. The number of ether oxygens (including phenoxy) is 1. The zero-order chi connectivity index (χ0) is 11.5. The minimum atomic E-state index is 0.806. The van der Waals surface area contributed by atoms with Gasteiger partial charge in [0.1, 0.15) is 0 Å². The molecule has 1 aromatic carbocycles. The molecule has 1 saturated heterocycles. The van der Waals surface area contributed by atoms with E-state index in [0.29, 0.717) is 0 Å². The summed E-state index contributed by atoms with van der Waals surface area (Å²) in [5, 5.41) is 1.10. The summed E-state index contributed by atoms with van der Waals surface area (Å²) >= 11 is 1.75. The highest BCUT2D eigenvalue weighted by Gasteiger charge is 2.14. The van der Waals surface area contributed by atoms with E-state index >= 15 is 0 Å². The largest absolute Gasteiger partial charge is 0.378 e. The summed E-state index contributed by atoms with van der Waals surface area (Å²) in [5.41, 5.74) is 1.24. The molecule has 0 amide bonds. The molecule has 88 valence electrons. The second kappa shape index (κ2) is 4.85. The van der Waals surface area contributed by atoms with Crippen LogP contribution in [-0.2, 0) is 4.74 Å². The maximum Gasteiger partial charge on any atom is 0.186 e. The molecule has 1 aromatic heterocycles. The fraction of sp³-hybridized carbons (Fsp3) is 0.308. The first-order valence-corrected chi connectivity index (χ1v) is 6.59. The van der Waals surface area contributed by atoms with E-state index in [1.54, 1.807) is 11.3 Å². The summed E-state index contributed by atoms with van der Waals surface area (Å²) in [6.45, 7) is 3.50. The van der Waals surface area contributed by atoms with E-state index < -0.39 is 0 Å². The molecule has 0 radical (unpaired) electrons. The first-order chi connectivity index (χ1) is 8.43. The fourth-order valence-corrected chi connectivity index (χ4v) is 2.87. The van der Waals surface area contributed by atoms with Crippen LogP contribution in [0.1, 0.15) is 0 Å². The molecule has 17 heavy (non-hydrogen) atoms. The van der Waals surface area contributed by atoms with Gasteiger partial charge in [-0.05, 0) is 5.56 Å². The van der Waals surface area contributed by atoms with E-state index in [4.69, 9.17) is 4.74 Å². The van der Waals surface area contributed by atoms with E-state index in [1.807, 2.05) is 12.3 Å². The van der Waals surface area contributed by atoms with Crippen LogP contribution in [0.5, 0.6) is 0 Å². The van der Waals surface area contributed by atoms with Crippen molar-refractivity contribution < 1.29 is 4.74 Å². The van der Waals surface area contributed by atoms with Gasteiger partial charge in [0.2, 0.25) is 0 Å². The zero-order valence-corrected chi connectivity index (χ0v) is 10.3.